The molecule has 24 heavy (non-hydrogen) atoms. The predicted octanol–water partition coefficient (Wildman–Crippen LogP) is 1.73. The van der Waals surface area contributed by atoms with Crippen molar-refractivity contribution in [2.45, 2.75) is 50.6 Å². The second kappa shape index (κ2) is 5.61. The fraction of sp³-hybridized carbons (Fsp3) is 0.769. The van der Waals surface area contributed by atoms with Crippen LogP contribution in [-0.2, 0) is 14.7 Å². The van der Waals surface area contributed by atoms with Crippen molar-refractivity contribution in [1.29, 1.82) is 0 Å². The van der Waals surface area contributed by atoms with Crippen molar-refractivity contribution in [1.82, 2.24) is 20.2 Å². The highest BCUT2D eigenvalue weighted by molar-refractivity contribution is 7.80. The summed E-state index contributed by atoms with van der Waals surface area (Å²) in [6.07, 6.45) is 3.50. The zero-order valence-corrected chi connectivity index (χ0v) is 14.7. The maximum Gasteiger partial charge on any atom is 0.418 e. The Morgan fingerprint density at radius 3 is 2.62 bits per heavy atom. The molecule has 2 atom stereocenters. The molecule has 0 aromatic carbocycles. The van der Waals surface area contributed by atoms with Crippen LogP contribution in [0.4, 0.5) is 4.79 Å². The van der Waals surface area contributed by atoms with Crippen molar-refractivity contribution >= 4 is 27.8 Å². The molecule has 3 fully saturated rings. The van der Waals surface area contributed by atoms with Gasteiger partial charge in [0.25, 0.3) is 0 Å². The van der Waals surface area contributed by atoms with Gasteiger partial charge >= 0.3 is 16.4 Å². The number of hydroxylamine groups is 2. The van der Waals surface area contributed by atoms with E-state index >= 15 is 0 Å². The second-order valence-electron chi connectivity index (χ2n) is 6.76. The lowest BCUT2D eigenvalue weighted by molar-refractivity contribution is -0.0317. The Balaban J connectivity index is 1.51. The molecule has 11 heteroatoms. The lowest BCUT2D eigenvalue weighted by atomic mass is 9.77. The number of nitrogens with zero attached hydrogens (tertiary/aromatic N) is 4. The van der Waals surface area contributed by atoms with Crippen LogP contribution in [0.5, 0.6) is 0 Å². The van der Waals surface area contributed by atoms with Crippen LogP contribution >= 0.6 is 11.3 Å². The minimum Gasteiger partial charge on any atom is -0.311 e. The summed E-state index contributed by atoms with van der Waals surface area (Å²) in [7, 11) is -4.72. The van der Waals surface area contributed by atoms with Crippen LogP contribution < -0.4 is 0 Å². The molecule has 9 nitrogen and oxygen atoms in total. The molecule has 132 valence electrons. The number of hydrogen-bond donors (Lipinski definition) is 1. The number of fused-ring (bicyclic) bond motifs is 2. The number of amides is 2. The molecular formula is C13H18N4O5S2. The van der Waals surface area contributed by atoms with Crippen LogP contribution in [0.15, 0.2) is 0 Å². The molecule has 0 spiro atoms. The Morgan fingerprint density at radius 1 is 1.25 bits per heavy atom. The molecule has 2 unspecified atom stereocenters. The SMILES string of the molecule is CC1CC(c2nnc(C3CCC4CN3C(=O)N4OS(=O)(=O)O)s2)C1. The first-order valence-electron chi connectivity index (χ1n) is 7.92. The summed E-state index contributed by atoms with van der Waals surface area (Å²) in [4.78, 5) is 14.0. The van der Waals surface area contributed by atoms with E-state index in [2.05, 4.69) is 21.4 Å². The zero-order chi connectivity index (χ0) is 17.1. The molecule has 4 rings (SSSR count). The van der Waals surface area contributed by atoms with Crippen molar-refractivity contribution in [2.75, 3.05) is 6.54 Å². The minimum atomic E-state index is -4.72. The smallest absolute Gasteiger partial charge is 0.311 e. The molecule has 1 saturated carbocycles. The van der Waals surface area contributed by atoms with Gasteiger partial charge < -0.3 is 4.90 Å². The number of carbonyl (C=O) groups is 1. The average molecular weight is 374 g/mol. The predicted molar refractivity (Wildman–Crippen MR) is 83.4 cm³/mol. The first-order valence-corrected chi connectivity index (χ1v) is 10.1. The van der Waals surface area contributed by atoms with E-state index in [4.69, 9.17) is 4.55 Å². The Hall–Kier alpha value is -1.30. The fourth-order valence-corrected chi connectivity index (χ4v) is 5.24. The molecule has 1 aliphatic carbocycles. The first-order chi connectivity index (χ1) is 11.3. The zero-order valence-electron chi connectivity index (χ0n) is 13.0. The second-order valence-corrected chi connectivity index (χ2v) is 8.81. The van der Waals surface area contributed by atoms with Gasteiger partial charge in [0.1, 0.15) is 10.0 Å². The molecule has 2 saturated heterocycles. The maximum absolute atomic E-state index is 12.4. The lowest BCUT2D eigenvalue weighted by Gasteiger charge is -2.30. The molecule has 2 bridgehead atoms. The maximum atomic E-state index is 12.4. The molecular weight excluding hydrogens is 356 g/mol. The van der Waals surface area contributed by atoms with E-state index in [0.29, 0.717) is 25.3 Å². The molecule has 3 heterocycles. The Labute approximate surface area is 143 Å². The van der Waals surface area contributed by atoms with E-state index in [1.54, 1.807) is 4.90 Å². The van der Waals surface area contributed by atoms with Crippen LogP contribution in [0.2, 0.25) is 0 Å². The molecule has 0 radical (unpaired) electrons. The highest BCUT2D eigenvalue weighted by Crippen LogP contribution is 2.45. The molecule has 2 amide bonds. The quantitative estimate of drug-likeness (QED) is 0.798. The van der Waals surface area contributed by atoms with E-state index in [-0.39, 0.29) is 12.1 Å². The van der Waals surface area contributed by atoms with Crippen molar-refractivity contribution in [2.24, 2.45) is 5.92 Å². The van der Waals surface area contributed by atoms with Crippen molar-refractivity contribution in [3.8, 4) is 0 Å². The monoisotopic (exact) mass is 374 g/mol. The third-order valence-corrected chi connectivity index (χ3v) is 6.50. The van der Waals surface area contributed by atoms with Crippen LogP contribution in [0, 0.1) is 5.92 Å². The third kappa shape index (κ3) is 2.79. The number of hydrogen-bond acceptors (Lipinski definition) is 7. The van der Waals surface area contributed by atoms with E-state index in [1.807, 2.05) is 0 Å². The van der Waals surface area contributed by atoms with Gasteiger partial charge in [0.05, 0.1) is 12.1 Å². The normalized spacial score (nSPS) is 33.0. The molecule has 3 aliphatic rings. The van der Waals surface area contributed by atoms with Crippen LogP contribution in [0.1, 0.15) is 54.6 Å². The molecule has 1 aromatic heterocycles. The topological polar surface area (TPSA) is 113 Å². The minimum absolute atomic E-state index is 0.215. The Kier molecular flexibility index (Phi) is 3.79. The van der Waals surface area contributed by atoms with Gasteiger partial charge in [-0.15, -0.1) is 14.5 Å². The van der Waals surface area contributed by atoms with Crippen LogP contribution in [-0.4, -0.2) is 51.7 Å². The summed E-state index contributed by atoms with van der Waals surface area (Å²) < 4.78 is 35.1. The average Bonchev–Trinajstić information content (AvgIpc) is 3.04. The number of aromatic nitrogens is 2. The first kappa shape index (κ1) is 16.2. The van der Waals surface area contributed by atoms with Crippen LogP contribution in [0.25, 0.3) is 0 Å². The highest BCUT2D eigenvalue weighted by atomic mass is 32.3. The van der Waals surface area contributed by atoms with E-state index in [0.717, 1.165) is 33.8 Å². The summed E-state index contributed by atoms with van der Waals surface area (Å²) >= 11 is 1.54. The Bertz CT molecular complexity index is 760. The van der Waals surface area contributed by atoms with Gasteiger partial charge in [0, 0.05) is 12.5 Å². The van der Waals surface area contributed by atoms with Crippen molar-refractivity contribution in [3.63, 3.8) is 0 Å². The highest BCUT2D eigenvalue weighted by Gasteiger charge is 2.48. The molecule has 2 aliphatic heterocycles. The number of carbonyl (C=O) groups excluding carboxylic acids is 1. The fourth-order valence-electron chi connectivity index (χ4n) is 3.74. The lowest BCUT2D eigenvalue weighted by Crippen LogP contribution is -2.35. The van der Waals surface area contributed by atoms with E-state index in [9.17, 15) is 13.2 Å². The standard InChI is InChI=1S/C13H18N4O5S2/c1-7-4-8(5-7)11-14-15-12(23-11)10-3-2-9-6-16(10)13(18)17(9)22-24(19,20)21/h7-10H,2-6H2,1H3,(H,19,20,21). The summed E-state index contributed by atoms with van der Waals surface area (Å²) in [6.45, 7) is 2.57. The summed E-state index contributed by atoms with van der Waals surface area (Å²) in [5.41, 5.74) is 0. The summed E-state index contributed by atoms with van der Waals surface area (Å²) in [6, 6.07) is -1.16. The molecule has 1 N–H and O–H groups in total. The van der Waals surface area contributed by atoms with Crippen molar-refractivity contribution in [3.05, 3.63) is 10.0 Å². The van der Waals surface area contributed by atoms with Gasteiger partial charge in [-0.1, -0.05) is 18.3 Å². The largest absolute Gasteiger partial charge is 0.418 e. The van der Waals surface area contributed by atoms with Gasteiger partial charge in [-0.3, -0.25) is 4.55 Å². The van der Waals surface area contributed by atoms with Gasteiger partial charge in [0.15, 0.2) is 0 Å². The number of rotatable bonds is 4. The summed E-state index contributed by atoms with van der Waals surface area (Å²) in [5, 5.41) is 11.1. The summed E-state index contributed by atoms with van der Waals surface area (Å²) in [5.74, 6) is 1.19. The van der Waals surface area contributed by atoms with Crippen molar-refractivity contribution < 1.29 is 22.0 Å². The van der Waals surface area contributed by atoms with Gasteiger partial charge in [-0.2, -0.15) is 13.5 Å². The third-order valence-electron chi connectivity index (χ3n) is 4.96. The van der Waals surface area contributed by atoms with E-state index < -0.39 is 16.4 Å². The Morgan fingerprint density at radius 2 is 1.96 bits per heavy atom. The van der Waals surface area contributed by atoms with Gasteiger partial charge in [0.2, 0.25) is 0 Å². The van der Waals surface area contributed by atoms with E-state index in [1.165, 1.54) is 11.3 Å². The van der Waals surface area contributed by atoms with Crippen LogP contribution in [0.3, 0.4) is 0 Å². The molecule has 1 aromatic rings. The number of piperidine rings is 1. The van der Waals surface area contributed by atoms with Gasteiger partial charge in [-0.25, -0.2) is 4.79 Å². The number of urea groups is 1. The van der Waals surface area contributed by atoms with Gasteiger partial charge in [-0.05, 0) is 31.6 Å².